The Kier molecular flexibility index (Phi) is 5.77. The average Bonchev–Trinajstić information content (AvgIpc) is 3.48. The quantitative estimate of drug-likeness (QED) is 0.386. The molecule has 10 heteroatoms. The average molecular weight is 522 g/mol. The lowest BCUT2D eigenvalue weighted by Gasteiger charge is -2.17. The van der Waals surface area contributed by atoms with Crippen LogP contribution >= 0.6 is 22.9 Å². The first-order valence-electron chi connectivity index (χ1n) is 11.4. The van der Waals surface area contributed by atoms with Crippen LogP contribution in [0.1, 0.15) is 54.5 Å². The Morgan fingerprint density at radius 3 is 2.64 bits per heavy atom. The molecule has 1 aromatic carbocycles. The van der Waals surface area contributed by atoms with Gasteiger partial charge in [-0.15, -0.1) is 10.2 Å². The summed E-state index contributed by atoms with van der Waals surface area (Å²) in [6, 6.07) is 5.32. The van der Waals surface area contributed by atoms with Gasteiger partial charge in [-0.3, -0.25) is 14.9 Å². The number of hydrogen-bond acceptors (Lipinski definition) is 7. The molecule has 0 atom stereocenters. The van der Waals surface area contributed by atoms with Crippen LogP contribution in [0.15, 0.2) is 24.4 Å². The number of aromatic nitrogens is 3. The lowest BCUT2D eigenvalue weighted by Crippen LogP contribution is -2.28. The van der Waals surface area contributed by atoms with Gasteiger partial charge < -0.3 is 9.64 Å². The van der Waals surface area contributed by atoms with Gasteiger partial charge in [0.05, 0.1) is 18.7 Å². The second-order valence-corrected chi connectivity index (χ2v) is 11.3. The van der Waals surface area contributed by atoms with Crippen LogP contribution in [0.3, 0.4) is 0 Å². The largest absolute Gasteiger partial charge is 0.494 e. The molecule has 1 saturated carbocycles. The number of nitrogens with one attached hydrogen (secondary N) is 1. The van der Waals surface area contributed by atoms with Crippen molar-refractivity contribution in [3.05, 3.63) is 45.7 Å². The maximum absolute atomic E-state index is 13.6. The van der Waals surface area contributed by atoms with E-state index in [0.717, 1.165) is 24.1 Å². The molecule has 2 aromatic heterocycles. The number of carbonyl (C=O) groups excluding carboxylic acids is 2. The molecule has 0 unspecified atom stereocenters. The molecule has 36 heavy (non-hydrogen) atoms. The molecule has 3 aromatic rings. The van der Waals surface area contributed by atoms with Crippen molar-refractivity contribution in [3.63, 3.8) is 0 Å². The summed E-state index contributed by atoms with van der Waals surface area (Å²) in [4.78, 5) is 32.3. The van der Waals surface area contributed by atoms with Gasteiger partial charge in [-0.1, -0.05) is 28.9 Å². The Bertz CT molecular complexity index is 1480. The topological polar surface area (TPSA) is 97.3 Å². The van der Waals surface area contributed by atoms with Gasteiger partial charge in [0.15, 0.2) is 5.01 Å². The summed E-state index contributed by atoms with van der Waals surface area (Å²) < 4.78 is 5.53. The maximum Gasteiger partial charge on any atom is 0.258 e. The van der Waals surface area contributed by atoms with Gasteiger partial charge in [-0.2, -0.15) is 0 Å². The van der Waals surface area contributed by atoms with E-state index in [4.69, 9.17) is 16.3 Å². The third kappa shape index (κ3) is 4.21. The molecule has 0 radical (unpaired) electrons. The van der Waals surface area contributed by atoms with Crippen LogP contribution in [-0.2, 0) is 10.2 Å². The zero-order valence-corrected chi connectivity index (χ0v) is 22.1. The molecule has 1 spiro atoms. The number of rotatable bonds is 4. The smallest absolute Gasteiger partial charge is 0.258 e. The van der Waals surface area contributed by atoms with Gasteiger partial charge in [0.25, 0.3) is 5.91 Å². The number of benzene rings is 1. The van der Waals surface area contributed by atoms with Gasteiger partial charge in [0.2, 0.25) is 11.0 Å². The van der Waals surface area contributed by atoms with E-state index in [0.29, 0.717) is 32.6 Å². The van der Waals surface area contributed by atoms with Gasteiger partial charge in [0, 0.05) is 29.3 Å². The first kappa shape index (κ1) is 24.2. The molecular formula is C26H24ClN5O3S. The summed E-state index contributed by atoms with van der Waals surface area (Å²) in [5.41, 5.74) is 2.49. The highest BCUT2D eigenvalue weighted by Gasteiger charge is 2.58. The number of halogens is 1. The second kappa shape index (κ2) is 8.57. The van der Waals surface area contributed by atoms with Crippen molar-refractivity contribution in [3.8, 4) is 28.7 Å². The minimum absolute atomic E-state index is 0.0481. The molecule has 5 rings (SSSR count). The Labute approximate surface area is 218 Å². The molecule has 1 N–H and O–H groups in total. The van der Waals surface area contributed by atoms with Gasteiger partial charge in [0.1, 0.15) is 10.9 Å². The molecule has 184 valence electrons. The minimum atomic E-state index is -0.516. The first-order valence-corrected chi connectivity index (χ1v) is 12.6. The summed E-state index contributed by atoms with van der Waals surface area (Å²) in [6.07, 6.45) is 3.08. The number of methoxy groups -OCH3 is 1. The number of fused-ring (bicyclic) bond motifs is 2. The van der Waals surface area contributed by atoms with Crippen LogP contribution in [0.25, 0.3) is 11.1 Å². The van der Waals surface area contributed by atoms with Crippen LogP contribution in [0.4, 0.5) is 10.8 Å². The van der Waals surface area contributed by atoms with Crippen molar-refractivity contribution in [2.45, 2.75) is 39.0 Å². The fourth-order valence-electron chi connectivity index (χ4n) is 4.33. The Hall–Kier alpha value is -3.48. The lowest BCUT2D eigenvalue weighted by molar-refractivity contribution is -0.119. The van der Waals surface area contributed by atoms with Gasteiger partial charge in [-0.25, -0.2) is 4.98 Å². The van der Waals surface area contributed by atoms with Crippen LogP contribution < -0.4 is 15.0 Å². The molecule has 1 aliphatic heterocycles. The molecule has 8 nitrogen and oxygen atoms in total. The number of likely N-dealkylation sites (N-methyl/N-ethyl adjacent to an activating group) is 1. The lowest BCUT2D eigenvalue weighted by atomic mass is 9.90. The summed E-state index contributed by atoms with van der Waals surface area (Å²) in [5.74, 6) is 6.23. The Morgan fingerprint density at radius 2 is 1.97 bits per heavy atom. The van der Waals surface area contributed by atoms with Crippen molar-refractivity contribution in [2.75, 3.05) is 24.4 Å². The van der Waals surface area contributed by atoms with E-state index in [9.17, 15) is 9.59 Å². The van der Waals surface area contributed by atoms with Crippen LogP contribution in [-0.4, -0.2) is 41.2 Å². The van der Waals surface area contributed by atoms with Crippen LogP contribution in [0.5, 0.6) is 5.75 Å². The Morgan fingerprint density at radius 1 is 1.22 bits per heavy atom. The van der Waals surface area contributed by atoms with Gasteiger partial charge in [-0.05, 0) is 68.9 Å². The molecule has 0 saturated heterocycles. The monoisotopic (exact) mass is 521 g/mol. The summed E-state index contributed by atoms with van der Waals surface area (Å²) in [6.45, 7) is 6.02. The van der Waals surface area contributed by atoms with Crippen LogP contribution in [0.2, 0.25) is 5.15 Å². The summed E-state index contributed by atoms with van der Waals surface area (Å²) >= 11 is 7.42. The number of amides is 2. The molecule has 1 fully saturated rings. The summed E-state index contributed by atoms with van der Waals surface area (Å²) in [7, 11) is 3.27. The molecule has 3 heterocycles. The van der Waals surface area contributed by atoms with Crippen molar-refractivity contribution >= 4 is 45.6 Å². The third-order valence-electron chi connectivity index (χ3n) is 6.26. The van der Waals surface area contributed by atoms with E-state index in [2.05, 4.69) is 32.3 Å². The standard InChI is InChI=1S/C26H24ClN5O3S/c1-25(2,3)7-6-21-30-31-24(36-21)29-22(33)16-11-18-17(26(8-9-26)23(34)32(18)4)10-14(16)15-12-20(27)28-13-19(15)35-5/h10-13H,8-9H2,1-5H3,(H,29,31,33). The number of pyridine rings is 1. The maximum atomic E-state index is 13.6. The van der Waals surface area contributed by atoms with E-state index in [1.54, 1.807) is 24.1 Å². The van der Waals surface area contributed by atoms with E-state index >= 15 is 0 Å². The second-order valence-electron chi connectivity index (χ2n) is 9.94. The molecular weight excluding hydrogens is 498 g/mol. The highest BCUT2D eigenvalue weighted by Crippen LogP contribution is 2.58. The normalized spacial score (nSPS) is 15.4. The summed E-state index contributed by atoms with van der Waals surface area (Å²) in [5, 5.41) is 12.1. The predicted molar refractivity (Wildman–Crippen MR) is 140 cm³/mol. The minimum Gasteiger partial charge on any atom is -0.494 e. The number of carbonyl (C=O) groups is 2. The van der Waals surface area contributed by atoms with Crippen LogP contribution in [0, 0.1) is 17.3 Å². The number of ether oxygens (including phenoxy) is 1. The zero-order chi connectivity index (χ0) is 25.8. The van der Waals surface area contributed by atoms with E-state index in [-0.39, 0.29) is 16.5 Å². The SMILES string of the molecule is COc1cnc(Cl)cc1-c1cc2c(cc1C(=O)Nc1nnc(C#CC(C)(C)C)s1)N(C)C(=O)C21CC1. The zero-order valence-electron chi connectivity index (χ0n) is 20.5. The number of hydrogen-bond donors (Lipinski definition) is 1. The third-order valence-corrected chi connectivity index (χ3v) is 7.22. The Balaban J connectivity index is 1.59. The van der Waals surface area contributed by atoms with Crippen molar-refractivity contribution in [1.29, 1.82) is 0 Å². The fourth-order valence-corrected chi connectivity index (χ4v) is 5.08. The predicted octanol–water partition coefficient (Wildman–Crippen LogP) is 4.92. The van der Waals surface area contributed by atoms with E-state index in [1.807, 2.05) is 26.8 Å². The van der Waals surface area contributed by atoms with E-state index in [1.165, 1.54) is 24.6 Å². The first-order chi connectivity index (χ1) is 17.0. The fraction of sp³-hybridized carbons (Fsp3) is 0.346. The molecule has 1 aliphatic carbocycles. The number of nitrogens with zero attached hydrogens (tertiary/aromatic N) is 4. The van der Waals surface area contributed by atoms with Crippen molar-refractivity contribution in [1.82, 2.24) is 15.2 Å². The van der Waals surface area contributed by atoms with Crippen molar-refractivity contribution in [2.24, 2.45) is 5.41 Å². The van der Waals surface area contributed by atoms with E-state index < -0.39 is 11.3 Å². The molecule has 2 aliphatic rings. The number of anilines is 2. The highest BCUT2D eigenvalue weighted by molar-refractivity contribution is 7.15. The highest BCUT2D eigenvalue weighted by atomic mass is 35.5. The van der Waals surface area contributed by atoms with Gasteiger partial charge >= 0.3 is 0 Å². The molecule has 2 amide bonds. The van der Waals surface area contributed by atoms with Crippen molar-refractivity contribution < 1.29 is 14.3 Å². The molecule has 0 bridgehead atoms.